The van der Waals surface area contributed by atoms with Gasteiger partial charge in [-0.25, -0.2) is 4.79 Å². The van der Waals surface area contributed by atoms with Crippen LogP contribution in [0.5, 0.6) is 0 Å². The molecule has 2 N–H and O–H groups in total. The maximum absolute atomic E-state index is 12.5. The Bertz CT molecular complexity index is 755. The first-order chi connectivity index (χ1) is 13.1. The van der Waals surface area contributed by atoms with Crippen LogP contribution in [0.3, 0.4) is 0 Å². The van der Waals surface area contributed by atoms with E-state index < -0.39 is 43.0 Å². The van der Waals surface area contributed by atoms with Crippen molar-refractivity contribution in [1.29, 1.82) is 0 Å². The summed E-state index contributed by atoms with van der Waals surface area (Å²) in [6, 6.07) is 1.59. The standard InChI is InChI=1S/C18H37N3O5Si3/c1-27(2,3)23-12-13-15(25-28(4,5)6)16(26-29(7,8)9)17(24-13)21-11-10-14(19)20-18(21)22/h10-11,13,15-17H,12H2,1-9H3,(H2,19,20,22)/t13-,15?,16?,17-/m1/s1. The van der Waals surface area contributed by atoms with Gasteiger partial charge in [-0.15, -0.1) is 0 Å². The van der Waals surface area contributed by atoms with E-state index in [0.29, 0.717) is 6.61 Å². The third kappa shape index (κ3) is 7.42. The molecule has 2 heterocycles. The quantitative estimate of drug-likeness (QED) is 0.597. The van der Waals surface area contributed by atoms with E-state index in [-0.39, 0.29) is 18.0 Å². The molecule has 1 saturated heterocycles. The normalized spacial score (nSPS) is 26.1. The molecule has 1 aromatic rings. The fourth-order valence-electron chi connectivity index (χ4n) is 3.10. The Morgan fingerprint density at radius 3 is 2.03 bits per heavy atom. The molecule has 0 spiro atoms. The Balaban J connectivity index is 2.45. The molecule has 1 aromatic heterocycles. The van der Waals surface area contributed by atoms with Crippen LogP contribution in [0.2, 0.25) is 58.9 Å². The van der Waals surface area contributed by atoms with Gasteiger partial charge in [0.15, 0.2) is 31.2 Å². The lowest BCUT2D eigenvalue weighted by Gasteiger charge is -2.34. The number of nitrogen functional groups attached to an aromatic ring is 1. The van der Waals surface area contributed by atoms with Crippen LogP contribution in [0, 0.1) is 0 Å². The van der Waals surface area contributed by atoms with Gasteiger partial charge < -0.3 is 23.7 Å². The number of aromatic nitrogens is 2. The summed E-state index contributed by atoms with van der Waals surface area (Å²) in [6.07, 6.45) is -0.0995. The second-order valence-electron chi connectivity index (χ2n) is 10.4. The highest BCUT2D eigenvalue weighted by atomic mass is 28.4. The van der Waals surface area contributed by atoms with E-state index in [0.717, 1.165) is 0 Å². The minimum absolute atomic E-state index is 0.181. The molecule has 11 heteroatoms. The van der Waals surface area contributed by atoms with Gasteiger partial charge in [-0.3, -0.25) is 4.57 Å². The van der Waals surface area contributed by atoms with E-state index in [9.17, 15) is 4.79 Å². The molecule has 2 unspecified atom stereocenters. The molecule has 2 rings (SSSR count). The highest BCUT2D eigenvalue weighted by molar-refractivity contribution is 6.70. The lowest BCUT2D eigenvalue weighted by molar-refractivity contribution is -0.0496. The molecule has 0 saturated carbocycles. The summed E-state index contributed by atoms with van der Waals surface area (Å²) in [5, 5.41) is 0. The molecule has 1 fully saturated rings. The number of ether oxygens (including phenoxy) is 1. The lowest BCUT2D eigenvalue weighted by atomic mass is 10.1. The fourth-order valence-corrected chi connectivity index (χ4v) is 5.94. The van der Waals surface area contributed by atoms with Gasteiger partial charge in [-0.05, 0) is 65.0 Å². The summed E-state index contributed by atoms with van der Waals surface area (Å²) >= 11 is 0. The van der Waals surface area contributed by atoms with E-state index in [1.807, 2.05) is 0 Å². The van der Waals surface area contributed by atoms with Crippen molar-refractivity contribution in [1.82, 2.24) is 9.55 Å². The van der Waals surface area contributed by atoms with Crippen LogP contribution in [0.15, 0.2) is 17.1 Å². The van der Waals surface area contributed by atoms with Crippen LogP contribution in [-0.2, 0) is 18.0 Å². The summed E-state index contributed by atoms with van der Waals surface area (Å²) in [6.45, 7) is 19.6. The van der Waals surface area contributed by atoms with Crippen LogP contribution >= 0.6 is 0 Å². The lowest BCUT2D eigenvalue weighted by Crippen LogP contribution is -2.49. The number of nitrogens with zero attached hydrogens (tertiary/aromatic N) is 2. The second-order valence-corrected chi connectivity index (χ2v) is 23.9. The molecule has 8 nitrogen and oxygen atoms in total. The smallest absolute Gasteiger partial charge is 0.351 e. The number of anilines is 1. The van der Waals surface area contributed by atoms with Crippen molar-refractivity contribution in [3.05, 3.63) is 22.7 Å². The highest BCUT2D eigenvalue weighted by Crippen LogP contribution is 2.36. The zero-order chi connectivity index (χ0) is 22.2. The second kappa shape index (κ2) is 8.73. The van der Waals surface area contributed by atoms with Crippen LogP contribution < -0.4 is 11.4 Å². The van der Waals surface area contributed by atoms with Crippen molar-refractivity contribution in [2.75, 3.05) is 12.3 Å². The highest BCUT2D eigenvalue weighted by Gasteiger charge is 2.50. The monoisotopic (exact) mass is 459 g/mol. The van der Waals surface area contributed by atoms with Gasteiger partial charge in [0, 0.05) is 6.20 Å². The minimum Gasteiger partial charge on any atom is -0.415 e. The van der Waals surface area contributed by atoms with Crippen LogP contribution in [0.1, 0.15) is 6.23 Å². The van der Waals surface area contributed by atoms with Crippen LogP contribution in [-0.4, -0.2) is 59.4 Å². The van der Waals surface area contributed by atoms with Gasteiger partial charge in [-0.2, -0.15) is 4.98 Å². The molecular weight excluding hydrogens is 422 g/mol. The van der Waals surface area contributed by atoms with Gasteiger partial charge in [-0.1, -0.05) is 0 Å². The fraction of sp³-hybridized carbons (Fsp3) is 0.778. The van der Waals surface area contributed by atoms with E-state index in [4.69, 9.17) is 23.7 Å². The van der Waals surface area contributed by atoms with Gasteiger partial charge in [0.2, 0.25) is 0 Å². The summed E-state index contributed by atoms with van der Waals surface area (Å²) in [5.41, 5.74) is 5.21. The zero-order valence-corrected chi connectivity index (χ0v) is 22.2. The maximum atomic E-state index is 12.5. The van der Waals surface area contributed by atoms with Gasteiger partial charge in [0.1, 0.15) is 24.1 Å². The number of hydrogen-bond acceptors (Lipinski definition) is 7. The Hall–Kier alpha value is -0.829. The summed E-state index contributed by atoms with van der Waals surface area (Å²) in [4.78, 5) is 16.4. The Morgan fingerprint density at radius 2 is 1.55 bits per heavy atom. The molecule has 1 aliphatic heterocycles. The third-order valence-electron chi connectivity index (χ3n) is 4.07. The van der Waals surface area contributed by atoms with E-state index >= 15 is 0 Å². The molecule has 29 heavy (non-hydrogen) atoms. The van der Waals surface area contributed by atoms with Crippen molar-refractivity contribution in [3.8, 4) is 0 Å². The molecule has 0 radical (unpaired) electrons. The molecule has 1 aliphatic rings. The van der Waals surface area contributed by atoms with Crippen LogP contribution in [0.25, 0.3) is 0 Å². The molecule has 0 bridgehead atoms. The summed E-state index contributed by atoms with van der Waals surface area (Å²) < 4.78 is 27.0. The van der Waals surface area contributed by atoms with Gasteiger partial charge >= 0.3 is 5.69 Å². The summed E-state index contributed by atoms with van der Waals surface area (Å²) in [5.74, 6) is 0.181. The topological polar surface area (TPSA) is 97.8 Å². The van der Waals surface area contributed by atoms with E-state index in [1.54, 1.807) is 12.3 Å². The Labute approximate surface area is 177 Å². The zero-order valence-electron chi connectivity index (χ0n) is 19.2. The van der Waals surface area contributed by atoms with Crippen molar-refractivity contribution < 1.29 is 18.0 Å². The molecule has 166 valence electrons. The average Bonchev–Trinajstić information content (AvgIpc) is 2.79. The minimum atomic E-state index is -1.97. The van der Waals surface area contributed by atoms with E-state index in [1.165, 1.54) is 4.57 Å². The van der Waals surface area contributed by atoms with Crippen LogP contribution in [0.4, 0.5) is 5.82 Å². The first-order valence-corrected chi connectivity index (χ1v) is 20.3. The Morgan fingerprint density at radius 1 is 1.00 bits per heavy atom. The van der Waals surface area contributed by atoms with Gasteiger partial charge in [0.05, 0.1) is 6.61 Å². The number of rotatable bonds is 8. The number of nitrogens with two attached hydrogens (primary N) is 1. The van der Waals surface area contributed by atoms with Crippen molar-refractivity contribution >= 4 is 30.8 Å². The maximum Gasteiger partial charge on any atom is 0.351 e. The molecule has 0 amide bonds. The predicted octanol–water partition coefficient (Wildman–Crippen LogP) is 3.01. The summed E-state index contributed by atoms with van der Waals surface area (Å²) in [7, 11) is -5.65. The Kier molecular flexibility index (Phi) is 7.36. The predicted molar refractivity (Wildman–Crippen MR) is 123 cm³/mol. The first kappa shape index (κ1) is 24.4. The van der Waals surface area contributed by atoms with Crippen molar-refractivity contribution in [2.45, 2.75) is 83.5 Å². The SMILES string of the molecule is C[Si](C)(C)OC[C@H]1O[C@@H](n2ccc(N)nc2=O)C(O[Si](C)(C)C)C1O[Si](C)(C)C. The third-order valence-corrected chi connectivity index (χ3v) is 7.06. The van der Waals surface area contributed by atoms with E-state index in [2.05, 4.69) is 63.9 Å². The molecular formula is C18H37N3O5Si3. The average molecular weight is 460 g/mol. The largest absolute Gasteiger partial charge is 0.415 e. The number of hydrogen-bond donors (Lipinski definition) is 1. The molecule has 0 aromatic carbocycles. The van der Waals surface area contributed by atoms with Crippen molar-refractivity contribution in [2.24, 2.45) is 0 Å². The van der Waals surface area contributed by atoms with Crippen molar-refractivity contribution in [3.63, 3.8) is 0 Å². The first-order valence-electron chi connectivity index (χ1n) is 10.1. The molecule has 0 aliphatic carbocycles. The van der Waals surface area contributed by atoms with Gasteiger partial charge in [0.25, 0.3) is 0 Å². The molecule has 4 atom stereocenters.